The van der Waals surface area contributed by atoms with E-state index in [0.29, 0.717) is 12.1 Å². The van der Waals surface area contributed by atoms with Gasteiger partial charge in [0.15, 0.2) is 0 Å². The first-order valence-electron chi connectivity index (χ1n) is 8.41. The zero-order valence-corrected chi connectivity index (χ0v) is 15.3. The summed E-state index contributed by atoms with van der Waals surface area (Å²) in [5.74, 6) is 0.887. The highest BCUT2D eigenvalue weighted by atomic mass is 35.5. The normalized spacial score (nSPS) is 15.2. The maximum Gasteiger partial charge on any atom is 0.225 e. The highest BCUT2D eigenvalue weighted by molar-refractivity contribution is 5.85. The molecule has 4 nitrogen and oxygen atoms in total. The van der Waals surface area contributed by atoms with E-state index in [1.807, 2.05) is 36.4 Å². The summed E-state index contributed by atoms with van der Waals surface area (Å²) in [6.45, 7) is 0. The van der Waals surface area contributed by atoms with Crippen LogP contribution in [0.3, 0.4) is 0 Å². The molecule has 0 radical (unpaired) electrons. The van der Waals surface area contributed by atoms with Crippen molar-refractivity contribution in [3.05, 3.63) is 59.7 Å². The number of carbonyl (C=O) groups is 1. The number of methoxy groups -OCH3 is 1. The van der Waals surface area contributed by atoms with Crippen LogP contribution in [0, 0.1) is 0 Å². The molecule has 0 atom stereocenters. The predicted molar refractivity (Wildman–Crippen MR) is 103 cm³/mol. The van der Waals surface area contributed by atoms with Crippen LogP contribution >= 0.6 is 12.4 Å². The second-order valence-corrected chi connectivity index (χ2v) is 6.48. The standard InChI is InChI=1S/C20H24N2O2.ClH/c1-24-18-10-6-16(7-11-18)20(12-2-3-13-20)22-19(23)14-15-4-8-17(21)9-5-15;/h4-11H,2-3,12-14,21H2,1H3,(H,22,23);1H. The Bertz CT molecular complexity index is 693. The van der Waals surface area contributed by atoms with Gasteiger partial charge in [-0.3, -0.25) is 4.79 Å². The fourth-order valence-corrected chi connectivity index (χ4v) is 3.51. The van der Waals surface area contributed by atoms with Crippen molar-refractivity contribution >= 4 is 24.0 Å². The zero-order chi connectivity index (χ0) is 17.0. The van der Waals surface area contributed by atoms with Crippen molar-refractivity contribution in [2.75, 3.05) is 12.8 Å². The van der Waals surface area contributed by atoms with Crippen LogP contribution in [0.5, 0.6) is 5.75 Å². The number of benzene rings is 2. The summed E-state index contributed by atoms with van der Waals surface area (Å²) in [5.41, 5.74) is 8.29. The van der Waals surface area contributed by atoms with Gasteiger partial charge in [-0.2, -0.15) is 0 Å². The maximum absolute atomic E-state index is 12.6. The van der Waals surface area contributed by atoms with Gasteiger partial charge in [0.1, 0.15) is 5.75 Å². The Morgan fingerprint density at radius 2 is 1.68 bits per heavy atom. The van der Waals surface area contributed by atoms with Gasteiger partial charge in [0, 0.05) is 5.69 Å². The molecule has 0 bridgehead atoms. The zero-order valence-electron chi connectivity index (χ0n) is 14.5. The second kappa shape index (κ2) is 8.26. The van der Waals surface area contributed by atoms with Crippen molar-refractivity contribution < 1.29 is 9.53 Å². The number of carbonyl (C=O) groups excluding carboxylic acids is 1. The van der Waals surface area contributed by atoms with Gasteiger partial charge in [0.25, 0.3) is 0 Å². The summed E-state index contributed by atoms with van der Waals surface area (Å²) in [7, 11) is 1.66. The average molecular weight is 361 g/mol. The van der Waals surface area contributed by atoms with Gasteiger partial charge in [-0.15, -0.1) is 12.4 Å². The minimum atomic E-state index is -0.253. The molecule has 0 saturated heterocycles. The number of nitrogens with one attached hydrogen (secondary N) is 1. The highest BCUT2D eigenvalue weighted by Crippen LogP contribution is 2.39. The Labute approximate surface area is 155 Å². The van der Waals surface area contributed by atoms with Crippen molar-refractivity contribution in [1.82, 2.24) is 5.32 Å². The van der Waals surface area contributed by atoms with E-state index in [2.05, 4.69) is 17.4 Å². The Morgan fingerprint density at radius 3 is 2.24 bits per heavy atom. The third-order valence-corrected chi connectivity index (χ3v) is 4.82. The Hall–Kier alpha value is -2.20. The number of nitrogens with two attached hydrogens (primary N) is 1. The SMILES string of the molecule is COc1ccc(C2(NC(=O)Cc3ccc(N)cc3)CCCC2)cc1.Cl. The largest absolute Gasteiger partial charge is 0.497 e. The van der Waals surface area contributed by atoms with Crippen LogP contribution in [0.2, 0.25) is 0 Å². The van der Waals surface area contributed by atoms with Crippen molar-refractivity contribution in [3.63, 3.8) is 0 Å². The summed E-state index contributed by atoms with van der Waals surface area (Å²) in [5, 5.41) is 3.30. The van der Waals surface area contributed by atoms with Gasteiger partial charge in [0.05, 0.1) is 19.1 Å². The highest BCUT2D eigenvalue weighted by Gasteiger charge is 2.36. The molecular formula is C20H25ClN2O2. The van der Waals surface area contributed by atoms with Crippen LogP contribution in [0.1, 0.15) is 36.8 Å². The Balaban J connectivity index is 0.00000225. The lowest BCUT2D eigenvalue weighted by Gasteiger charge is -2.31. The molecule has 0 unspecified atom stereocenters. The monoisotopic (exact) mass is 360 g/mol. The van der Waals surface area contributed by atoms with E-state index in [9.17, 15) is 4.79 Å². The molecule has 1 amide bonds. The molecule has 1 aliphatic rings. The molecule has 1 fully saturated rings. The molecule has 25 heavy (non-hydrogen) atoms. The quantitative estimate of drug-likeness (QED) is 0.796. The third-order valence-electron chi connectivity index (χ3n) is 4.82. The van der Waals surface area contributed by atoms with Gasteiger partial charge >= 0.3 is 0 Å². The van der Waals surface area contributed by atoms with Gasteiger partial charge in [-0.05, 0) is 48.2 Å². The number of halogens is 1. The molecule has 3 rings (SSSR count). The minimum absolute atomic E-state index is 0. The van der Waals surface area contributed by atoms with Crippen LogP contribution in [0.25, 0.3) is 0 Å². The Kier molecular flexibility index (Phi) is 6.32. The van der Waals surface area contributed by atoms with Crippen molar-refractivity contribution in [3.8, 4) is 5.75 Å². The molecule has 2 aromatic carbocycles. The van der Waals surface area contributed by atoms with Gasteiger partial charge in [0.2, 0.25) is 5.91 Å². The first-order valence-corrected chi connectivity index (χ1v) is 8.41. The summed E-state index contributed by atoms with van der Waals surface area (Å²) >= 11 is 0. The predicted octanol–water partition coefficient (Wildman–Crippen LogP) is 3.83. The topological polar surface area (TPSA) is 64.3 Å². The van der Waals surface area contributed by atoms with Crippen LogP contribution in [-0.4, -0.2) is 13.0 Å². The molecule has 0 spiro atoms. The number of hydrogen-bond donors (Lipinski definition) is 2. The van der Waals surface area contributed by atoms with Gasteiger partial charge in [-0.1, -0.05) is 37.1 Å². The fourth-order valence-electron chi connectivity index (χ4n) is 3.51. The van der Waals surface area contributed by atoms with Gasteiger partial charge < -0.3 is 15.8 Å². The third kappa shape index (κ3) is 4.45. The number of rotatable bonds is 5. The summed E-state index contributed by atoms with van der Waals surface area (Å²) in [6.07, 6.45) is 4.60. The minimum Gasteiger partial charge on any atom is -0.497 e. The van der Waals surface area contributed by atoms with E-state index >= 15 is 0 Å². The van der Waals surface area contributed by atoms with Crippen LogP contribution < -0.4 is 15.8 Å². The van der Waals surface area contributed by atoms with Crippen LogP contribution in [-0.2, 0) is 16.8 Å². The molecule has 5 heteroatoms. The number of ether oxygens (including phenoxy) is 1. The summed E-state index contributed by atoms with van der Waals surface area (Å²) in [4.78, 5) is 12.6. The first kappa shape index (κ1) is 19.1. The van der Waals surface area contributed by atoms with Crippen molar-refractivity contribution in [1.29, 1.82) is 0 Å². The first-order chi connectivity index (χ1) is 11.6. The van der Waals surface area contributed by atoms with E-state index in [1.165, 1.54) is 0 Å². The molecule has 0 heterocycles. The number of hydrogen-bond acceptors (Lipinski definition) is 3. The number of nitrogen functional groups attached to an aromatic ring is 1. The van der Waals surface area contributed by atoms with Gasteiger partial charge in [-0.25, -0.2) is 0 Å². The lowest BCUT2D eigenvalue weighted by molar-refractivity contribution is -0.122. The lowest BCUT2D eigenvalue weighted by atomic mass is 9.87. The molecule has 3 N–H and O–H groups in total. The summed E-state index contributed by atoms with van der Waals surface area (Å²) in [6, 6.07) is 15.5. The van der Waals surface area contributed by atoms with Crippen LogP contribution in [0.15, 0.2) is 48.5 Å². The van der Waals surface area contributed by atoms with E-state index in [0.717, 1.165) is 42.6 Å². The molecule has 2 aromatic rings. The molecular weight excluding hydrogens is 336 g/mol. The summed E-state index contributed by atoms with van der Waals surface area (Å²) < 4.78 is 5.24. The number of anilines is 1. The van der Waals surface area contributed by atoms with E-state index < -0.39 is 0 Å². The lowest BCUT2D eigenvalue weighted by Crippen LogP contribution is -2.44. The smallest absolute Gasteiger partial charge is 0.225 e. The maximum atomic E-state index is 12.6. The van der Waals surface area contributed by atoms with Crippen molar-refractivity contribution in [2.24, 2.45) is 0 Å². The van der Waals surface area contributed by atoms with Crippen molar-refractivity contribution in [2.45, 2.75) is 37.6 Å². The van der Waals surface area contributed by atoms with Crippen LogP contribution in [0.4, 0.5) is 5.69 Å². The molecule has 1 saturated carbocycles. The second-order valence-electron chi connectivity index (χ2n) is 6.48. The van der Waals surface area contributed by atoms with E-state index in [-0.39, 0.29) is 23.9 Å². The molecule has 1 aliphatic carbocycles. The fraction of sp³-hybridized carbons (Fsp3) is 0.350. The Morgan fingerprint density at radius 1 is 1.08 bits per heavy atom. The molecule has 0 aliphatic heterocycles. The number of amides is 1. The average Bonchev–Trinajstić information content (AvgIpc) is 3.06. The molecule has 134 valence electrons. The van der Waals surface area contributed by atoms with E-state index in [1.54, 1.807) is 7.11 Å². The molecule has 0 aromatic heterocycles. The van der Waals surface area contributed by atoms with E-state index in [4.69, 9.17) is 10.5 Å².